The summed E-state index contributed by atoms with van der Waals surface area (Å²) in [7, 11) is 0. The van der Waals surface area contributed by atoms with Crippen LogP contribution in [0, 0.1) is 13.8 Å². The van der Waals surface area contributed by atoms with Gasteiger partial charge in [0, 0.05) is 11.7 Å². The molecule has 2 nitrogen and oxygen atoms in total. The van der Waals surface area contributed by atoms with Crippen molar-refractivity contribution in [3.05, 3.63) is 70.8 Å². The van der Waals surface area contributed by atoms with Crippen molar-refractivity contribution < 1.29 is 4.74 Å². The summed E-state index contributed by atoms with van der Waals surface area (Å²) in [5, 5.41) is 3.67. The van der Waals surface area contributed by atoms with E-state index >= 15 is 0 Å². The molecule has 0 saturated heterocycles. The Kier molecular flexibility index (Phi) is 7.77. The molecule has 0 bridgehead atoms. The molecule has 2 aromatic carbocycles. The molecule has 0 amide bonds. The minimum atomic E-state index is 0.257. The number of nitrogens with one attached hydrogen (secondary N) is 1. The summed E-state index contributed by atoms with van der Waals surface area (Å²) < 4.78 is 5.93. The van der Waals surface area contributed by atoms with Crippen LogP contribution in [0.1, 0.15) is 68.3 Å². The monoisotopic (exact) mass is 351 g/mol. The van der Waals surface area contributed by atoms with E-state index in [0.29, 0.717) is 0 Å². The predicted molar refractivity (Wildman–Crippen MR) is 113 cm³/mol. The van der Waals surface area contributed by atoms with E-state index < -0.39 is 0 Å². The Morgan fingerprint density at radius 3 is 2.50 bits per heavy atom. The first-order valence-electron chi connectivity index (χ1n) is 9.79. The average Bonchev–Trinajstić information content (AvgIpc) is 2.64. The molecule has 0 aromatic heterocycles. The third kappa shape index (κ3) is 5.39. The molecule has 2 aromatic rings. The normalized spacial score (nSPS) is 12.7. The lowest BCUT2D eigenvalue weighted by molar-refractivity contribution is 0.304. The minimum Gasteiger partial charge on any atom is -0.493 e. The van der Waals surface area contributed by atoms with E-state index in [1.54, 1.807) is 0 Å². The van der Waals surface area contributed by atoms with Crippen LogP contribution in [-0.2, 0) is 0 Å². The van der Waals surface area contributed by atoms with Gasteiger partial charge >= 0.3 is 0 Å². The predicted octanol–water partition coefficient (Wildman–Crippen LogP) is 6.58. The van der Waals surface area contributed by atoms with Gasteiger partial charge in [-0.2, -0.15) is 0 Å². The second kappa shape index (κ2) is 10.1. The largest absolute Gasteiger partial charge is 0.493 e. The van der Waals surface area contributed by atoms with E-state index in [2.05, 4.69) is 88.5 Å². The Morgan fingerprint density at radius 2 is 1.85 bits per heavy atom. The Morgan fingerprint density at radius 1 is 1.08 bits per heavy atom. The zero-order valence-electron chi connectivity index (χ0n) is 16.9. The molecular formula is C24H33NO. The first-order chi connectivity index (χ1) is 12.6. The van der Waals surface area contributed by atoms with Crippen molar-refractivity contribution in [2.24, 2.45) is 0 Å². The molecule has 0 aliphatic heterocycles. The summed E-state index contributed by atoms with van der Waals surface area (Å²) in [5.41, 5.74) is 6.19. The van der Waals surface area contributed by atoms with Crippen molar-refractivity contribution in [3.8, 4) is 5.75 Å². The standard InChI is InChI=1S/C24H33NO/c1-6-8-11-16-26-24-15-14-21(17-19(24)4)23(7-2)25-20(5)22-13-10-9-12-18(22)3/h7,9-10,12-15,17,20,25H,6,8,11,16H2,1-5H3/b23-7-. The Bertz CT molecular complexity index is 733. The van der Waals surface area contributed by atoms with Gasteiger partial charge in [0.05, 0.1) is 6.61 Å². The van der Waals surface area contributed by atoms with Gasteiger partial charge in [0.2, 0.25) is 0 Å². The second-order valence-electron chi connectivity index (χ2n) is 6.96. The lowest BCUT2D eigenvalue weighted by atomic mass is 10.0. The fraction of sp³-hybridized carbons (Fsp3) is 0.417. The first-order valence-corrected chi connectivity index (χ1v) is 9.79. The fourth-order valence-electron chi connectivity index (χ4n) is 3.23. The zero-order chi connectivity index (χ0) is 18.9. The van der Waals surface area contributed by atoms with Crippen molar-refractivity contribution in [2.45, 2.75) is 59.9 Å². The van der Waals surface area contributed by atoms with Gasteiger partial charge in [0.15, 0.2) is 0 Å². The summed E-state index contributed by atoms with van der Waals surface area (Å²) in [6.45, 7) is 11.6. The molecule has 0 aliphatic rings. The summed E-state index contributed by atoms with van der Waals surface area (Å²) in [6.07, 6.45) is 5.70. The maximum atomic E-state index is 5.93. The molecule has 1 unspecified atom stereocenters. The van der Waals surface area contributed by atoms with Crippen LogP contribution in [0.25, 0.3) is 5.70 Å². The quantitative estimate of drug-likeness (QED) is 0.515. The number of ether oxygens (including phenoxy) is 1. The second-order valence-corrected chi connectivity index (χ2v) is 6.96. The smallest absolute Gasteiger partial charge is 0.122 e. The number of hydrogen-bond acceptors (Lipinski definition) is 2. The highest BCUT2D eigenvalue weighted by Crippen LogP contribution is 2.25. The van der Waals surface area contributed by atoms with Crippen LogP contribution in [0.2, 0.25) is 0 Å². The lowest BCUT2D eigenvalue weighted by Gasteiger charge is -2.21. The van der Waals surface area contributed by atoms with Crippen LogP contribution in [0.4, 0.5) is 0 Å². The highest BCUT2D eigenvalue weighted by Gasteiger charge is 2.11. The van der Waals surface area contributed by atoms with Crippen molar-refractivity contribution >= 4 is 5.70 Å². The van der Waals surface area contributed by atoms with Gasteiger partial charge in [0.25, 0.3) is 0 Å². The van der Waals surface area contributed by atoms with E-state index in [1.165, 1.54) is 35.1 Å². The third-order valence-electron chi connectivity index (χ3n) is 4.81. The Hall–Kier alpha value is -2.22. The zero-order valence-corrected chi connectivity index (χ0v) is 16.9. The summed E-state index contributed by atoms with van der Waals surface area (Å²) >= 11 is 0. The van der Waals surface area contributed by atoms with Gasteiger partial charge < -0.3 is 10.1 Å². The number of aryl methyl sites for hydroxylation is 2. The van der Waals surface area contributed by atoms with E-state index in [-0.39, 0.29) is 6.04 Å². The van der Waals surface area contributed by atoms with Gasteiger partial charge in [-0.05, 0) is 74.6 Å². The molecule has 0 saturated carbocycles. The van der Waals surface area contributed by atoms with Gasteiger partial charge in [-0.1, -0.05) is 50.1 Å². The number of rotatable bonds is 9. The highest BCUT2D eigenvalue weighted by atomic mass is 16.5. The van der Waals surface area contributed by atoms with Gasteiger partial charge in [-0.15, -0.1) is 0 Å². The fourth-order valence-corrected chi connectivity index (χ4v) is 3.23. The molecule has 0 radical (unpaired) electrons. The van der Waals surface area contributed by atoms with Crippen LogP contribution in [-0.4, -0.2) is 6.61 Å². The molecule has 1 N–H and O–H groups in total. The highest BCUT2D eigenvalue weighted by molar-refractivity contribution is 5.65. The minimum absolute atomic E-state index is 0.257. The summed E-state index contributed by atoms with van der Waals surface area (Å²) in [4.78, 5) is 0. The van der Waals surface area contributed by atoms with Crippen LogP contribution in [0.3, 0.4) is 0 Å². The Labute approximate surface area is 159 Å². The van der Waals surface area contributed by atoms with Crippen molar-refractivity contribution in [2.75, 3.05) is 6.61 Å². The first kappa shape index (κ1) is 20.1. The van der Waals surface area contributed by atoms with Crippen LogP contribution < -0.4 is 10.1 Å². The van der Waals surface area contributed by atoms with Crippen molar-refractivity contribution in [3.63, 3.8) is 0 Å². The maximum absolute atomic E-state index is 5.93. The van der Waals surface area contributed by atoms with Crippen molar-refractivity contribution in [1.29, 1.82) is 0 Å². The molecule has 2 rings (SSSR count). The molecule has 0 heterocycles. The third-order valence-corrected chi connectivity index (χ3v) is 4.81. The molecule has 2 heteroatoms. The molecule has 140 valence electrons. The molecule has 0 spiro atoms. The molecule has 1 atom stereocenters. The van der Waals surface area contributed by atoms with Crippen molar-refractivity contribution in [1.82, 2.24) is 5.32 Å². The Balaban J connectivity index is 2.08. The summed E-state index contributed by atoms with van der Waals surface area (Å²) in [6, 6.07) is 15.3. The number of hydrogen-bond donors (Lipinski definition) is 1. The molecule has 0 aliphatic carbocycles. The topological polar surface area (TPSA) is 21.3 Å². The SMILES string of the molecule is C/C=C(\NC(C)c1ccccc1C)c1ccc(OCCCCC)c(C)c1. The van der Waals surface area contributed by atoms with Crippen LogP contribution >= 0.6 is 0 Å². The molecule has 0 fully saturated rings. The van der Waals surface area contributed by atoms with Crippen LogP contribution in [0.15, 0.2) is 48.5 Å². The lowest BCUT2D eigenvalue weighted by Crippen LogP contribution is -2.18. The van der Waals surface area contributed by atoms with Gasteiger partial charge in [-0.25, -0.2) is 0 Å². The van der Waals surface area contributed by atoms with E-state index in [1.807, 2.05) is 0 Å². The van der Waals surface area contributed by atoms with E-state index in [0.717, 1.165) is 24.5 Å². The molecule has 26 heavy (non-hydrogen) atoms. The van der Waals surface area contributed by atoms with Gasteiger partial charge in [-0.3, -0.25) is 0 Å². The average molecular weight is 352 g/mol. The molecular weight excluding hydrogens is 318 g/mol. The van der Waals surface area contributed by atoms with E-state index in [9.17, 15) is 0 Å². The summed E-state index contributed by atoms with van der Waals surface area (Å²) in [5.74, 6) is 0.993. The van der Waals surface area contributed by atoms with Gasteiger partial charge in [0.1, 0.15) is 5.75 Å². The van der Waals surface area contributed by atoms with E-state index in [4.69, 9.17) is 4.74 Å². The van der Waals surface area contributed by atoms with Crippen LogP contribution in [0.5, 0.6) is 5.75 Å². The maximum Gasteiger partial charge on any atom is 0.122 e. The number of benzene rings is 2. The number of unbranched alkanes of at least 4 members (excludes halogenated alkanes) is 2. The number of allylic oxidation sites excluding steroid dienone is 1.